The maximum absolute atomic E-state index is 11.9. The Morgan fingerprint density at radius 1 is 1.37 bits per heavy atom. The number of ether oxygens (including phenoxy) is 1. The van der Waals surface area contributed by atoms with Gasteiger partial charge in [-0.15, -0.1) is 0 Å². The van der Waals surface area contributed by atoms with Gasteiger partial charge in [-0.25, -0.2) is 13.1 Å². The third-order valence-electron chi connectivity index (χ3n) is 3.50. The van der Waals surface area contributed by atoms with E-state index in [9.17, 15) is 8.42 Å². The van der Waals surface area contributed by atoms with Gasteiger partial charge in [0.2, 0.25) is 10.0 Å². The molecule has 0 amide bonds. The van der Waals surface area contributed by atoms with E-state index < -0.39 is 10.0 Å². The molecule has 0 aromatic heterocycles. The van der Waals surface area contributed by atoms with E-state index in [0.717, 1.165) is 19.6 Å². The lowest BCUT2D eigenvalue weighted by Crippen LogP contribution is -2.28. The lowest BCUT2D eigenvalue weighted by molar-refractivity contribution is 0.183. The topological polar surface area (TPSA) is 67.4 Å². The number of hydrogen-bond acceptors (Lipinski definition) is 4. The zero-order chi connectivity index (χ0) is 13.9. The first kappa shape index (κ1) is 14.3. The van der Waals surface area contributed by atoms with Crippen LogP contribution >= 0.6 is 0 Å². The lowest BCUT2D eigenvalue weighted by Gasteiger charge is -2.22. The van der Waals surface area contributed by atoms with Crippen LogP contribution in [0, 0.1) is 5.92 Å². The number of nitrogens with one attached hydrogen (secondary N) is 2. The quantitative estimate of drug-likeness (QED) is 0.858. The number of hydrogen-bond donors (Lipinski definition) is 2. The average Bonchev–Trinajstić information content (AvgIpc) is 2.93. The second-order valence-electron chi connectivity index (χ2n) is 4.76. The van der Waals surface area contributed by atoms with Crippen molar-refractivity contribution in [3.8, 4) is 0 Å². The van der Waals surface area contributed by atoms with E-state index in [1.165, 1.54) is 7.05 Å². The minimum Gasteiger partial charge on any atom is -0.381 e. The van der Waals surface area contributed by atoms with Crippen LogP contribution in [-0.2, 0) is 14.8 Å². The van der Waals surface area contributed by atoms with Crippen LogP contribution in [0.5, 0.6) is 0 Å². The zero-order valence-corrected chi connectivity index (χ0v) is 12.0. The summed E-state index contributed by atoms with van der Waals surface area (Å²) in [5.74, 6) is 0.422. The van der Waals surface area contributed by atoms with E-state index >= 15 is 0 Å². The molecule has 1 aromatic carbocycles. The number of sulfonamides is 1. The Bertz CT molecular complexity index is 524. The molecule has 5 nitrogen and oxygen atoms in total. The van der Waals surface area contributed by atoms with E-state index in [1.54, 1.807) is 18.2 Å². The summed E-state index contributed by atoms with van der Waals surface area (Å²) in [5.41, 5.74) is 0.635. The van der Waals surface area contributed by atoms with Crippen LogP contribution in [0.1, 0.15) is 13.3 Å². The zero-order valence-electron chi connectivity index (χ0n) is 11.2. The monoisotopic (exact) mass is 284 g/mol. The minimum atomic E-state index is -3.44. The smallest absolute Gasteiger partial charge is 0.242 e. The first-order valence-electron chi connectivity index (χ1n) is 6.41. The largest absolute Gasteiger partial charge is 0.381 e. The fraction of sp³-hybridized carbons (Fsp3) is 0.538. The third kappa shape index (κ3) is 3.26. The van der Waals surface area contributed by atoms with Crippen LogP contribution in [0.2, 0.25) is 0 Å². The van der Waals surface area contributed by atoms with E-state index in [4.69, 9.17) is 4.74 Å². The Morgan fingerprint density at radius 3 is 2.74 bits per heavy atom. The van der Waals surface area contributed by atoms with E-state index in [2.05, 4.69) is 17.0 Å². The Morgan fingerprint density at radius 2 is 2.11 bits per heavy atom. The van der Waals surface area contributed by atoms with Gasteiger partial charge in [0.05, 0.1) is 12.3 Å². The SMILES string of the molecule is CNS(=O)(=O)c1ccccc1NC(C)C1CCOC1. The van der Waals surface area contributed by atoms with Gasteiger partial charge in [-0.05, 0) is 32.5 Å². The number of rotatable bonds is 5. The summed E-state index contributed by atoms with van der Waals surface area (Å²) in [4.78, 5) is 0.281. The van der Waals surface area contributed by atoms with Gasteiger partial charge in [-0.1, -0.05) is 12.1 Å². The molecule has 2 unspecified atom stereocenters. The van der Waals surface area contributed by atoms with Crippen LogP contribution in [0.25, 0.3) is 0 Å². The summed E-state index contributed by atoms with van der Waals surface area (Å²) in [6.45, 7) is 3.57. The highest BCUT2D eigenvalue weighted by Gasteiger charge is 2.24. The van der Waals surface area contributed by atoms with Crippen molar-refractivity contribution in [2.45, 2.75) is 24.3 Å². The maximum atomic E-state index is 11.9. The number of benzene rings is 1. The fourth-order valence-electron chi connectivity index (χ4n) is 2.24. The maximum Gasteiger partial charge on any atom is 0.242 e. The Balaban J connectivity index is 2.20. The first-order chi connectivity index (χ1) is 9.04. The van der Waals surface area contributed by atoms with Crippen molar-refractivity contribution >= 4 is 15.7 Å². The summed E-state index contributed by atoms with van der Waals surface area (Å²) < 4.78 is 31.6. The molecule has 6 heteroatoms. The molecule has 0 bridgehead atoms. The summed E-state index contributed by atoms with van der Waals surface area (Å²) in [6.07, 6.45) is 1.01. The van der Waals surface area contributed by atoms with Gasteiger partial charge in [0.25, 0.3) is 0 Å². The van der Waals surface area contributed by atoms with Gasteiger partial charge in [-0.2, -0.15) is 0 Å². The summed E-state index contributed by atoms with van der Waals surface area (Å²) >= 11 is 0. The molecule has 1 aliphatic rings. The van der Waals surface area contributed by atoms with Crippen molar-refractivity contribution in [2.75, 3.05) is 25.6 Å². The van der Waals surface area contributed by atoms with Crippen LogP contribution in [0.15, 0.2) is 29.2 Å². The second-order valence-corrected chi connectivity index (χ2v) is 6.62. The highest BCUT2D eigenvalue weighted by molar-refractivity contribution is 7.89. The molecular formula is C13H20N2O3S. The number of anilines is 1. The second kappa shape index (κ2) is 5.90. The van der Waals surface area contributed by atoms with Gasteiger partial charge < -0.3 is 10.1 Å². The third-order valence-corrected chi connectivity index (χ3v) is 4.97. The van der Waals surface area contributed by atoms with Crippen molar-refractivity contribution in [3.05, 3.63) is 24.3 Å². The summed E-state index contributed by atoms with van der Waals surface area (Å²) in [6, 6.07) is 7.12. The molecule has 2 N–H and O–H groups in total. The summed E-state index contributed by atoms with van der Waals surface area (Å²) in [5, 5.41) is 3.29. The van der Waals surface area contributed by atoms with Gasteiger partial charge in [-0.3, -0.25) is 0 Å². The molecule has 0 spiro atoms. The molecule has 2 rings (SSSR count). The fourth-order valence-corrected chi connectivity index (χ4v) is 3.13. The van der Waals surface area contributed by atoms with Crippen molar-refractivity contribution < 1.29 is 13.2 Å². The molecule has 1 saturated heterocycles. The van der Waals surface area contributed by atoms with E-state index in [-0.39, 0.29) is 10.9 Å². The predicted molar refractivity (Wildman–Crippen MR) is 74.7 cm³/mol. The van der Waals surface area contributed by atoms with Gasteiger partial charge in [0.1, 0.15) is 4.90 Å². The first-order valence-corrected chi connectivity index (χ1v) is 7.90. The molecule has 2 atom stereocenters. The van der Waals surface area contributed by atoms with Crippen LogP contribution in [0.4, 0.5) is 5.69 Å². The average molecular weight is 284 g/mol. The van der Waals surface area contributed by atoms with Gasteiger partial charge >= 0.3 is 0 Å². The Kier molecular flexibility index (Phi) is 4.44. The van der Waals surface area contributed by atoms with Gasteiger partial charge in [0, 0.05) is 18.6 Å². The molecule has 1 fully saturated rings. The lowest BCUT2D eigenvalue weighted by atomic mass is 10.0. The van der Waals surface area contributed by atoms with E-state index in [0.29, 0.717) is 11.6 Å². The molecule has 106 valence electrons. The minimum absolute atomic E-state index is 0.177. The van der Waals surface area contributed by atoms with Crippen molar-refractivity contribution in [2.24, 2.45) is 5.92 Å². The van der Waals surface area contributed by atoms with Gasteiger partial charge in [0.15, 0.2) is 0 Å². The molecule has 1 aromatic rings. The summed E-state index contributed by atoms with van der Waals surface area (Å²) in [7, 11) is -2.02. The predicted octanol–water partition coefficient (Wildman–Crippen LogP) is 1.43. The van der Waals surface area contributed by atoms with Crippen molar-refractivity contribution in [3.63, 3.8) is 0 Å². The van der Waals surface area contributed by atoms with Crippen LogP contribution < -0.4 is 10.0 Å². The molecule has 0 aliphatic carbocycles. The van der Waals surface area contributed by atoms with Crippen LogP contribution in [0.3, 0.4) is 0 Å². The van der Waals surface area contributed by atoms with Crippen LogP contribution in [-0.4, -0.2) is 34.7 Å². The molecule has 1 aliphatic heterocycles. The molecule has 0 radical (unpaired) electrons. The Hall–Kier alpha value is -1.11. The molecular weight excluding hydrogens is 264 g/mol. The van der Waals surface area contributed by atoms with E-state index in [1.807, 2.05) is 6.07 Å². The Labute approximate surface area is 114 Å². The molecule has 0 saturated carbocycles. The molecule has 1 heterocycles. The highest BCUT2D eigenvalue weighted by Crippen LogP contribution is 2.25. The highest BCUT2D eigenvalue weighted by atomic mass is 32.2. The standard InChI is InChI=1S/C13H20N2O3S/c1-10(11-7-8-18-9-11)15-12-5-3-4-6-13(12)19(16,17)14-2/h3-6,10-11,14-15H,7-9H2,1-2H3. The van der Waals surface area contributed by atoms with Crippen molar-refractivity contribution in [1.29, 1.82) is 0 Å². The molecule has 19 heavy (non-hydrogen) atoms. The number of para-hydroxylation sites is 1. The normalized spacial score (nSPS) is 21.3. The van der Waals surface area contributed by atoms with Crippen molar-refractivity contribution in [1.82, 2.24) is 4.72 Å².